The van der Waals surface area contributed by atoms with Crippen LogP contribution in [0.25, 0.3) is 10.9 Å². The number of nitrogens with zero attached hydrogens (tertiary/aromatic N) is 2. The van der Waals surface area contributed by atoms with Gasteiger partial charge in [0.05, 0.1) is 0 Å². The summed E-state index contributed by atoms with van der Waals surface area (Å²) < 4.78 is 23.4. The number of nitrogens with one attached hydrogen (secondary N) is 1. The van der Waals surface area contributed by atoms with Crippen molar-refractivity contribution in [3.05, 3.63) is 33.9 Å². The van der Waals surface area contributed by atoms with Crippen LogP contribution in [0.2, 0.25) is 0 Å². The van der Waals surface area contributed by atoms with Crippen molar-refractivity contribution in [2.45, 2.75) is 26.2 Å². The number of anilines is 2. The molecular formula is C22H29N3O4Se. The van der Waals surface area contributed by atoms with Crippen molar-refractivity contribution < 1.29 is 18.9 Å². The standard InChI is InChI=1S/C22H29N3O4Se/c1-22(2,3)20-10-15(13-30-20)25-21-16-11-18(28-8-6-26-4)19(29-9-7-27-5)12-17(16)23-14-24-21/h10-14H,6-9H2,1-5H3,(H,23,24,25). The first-order valence-corrected chi connectivity index (χ1v) is 11.6. The van der Waals surface area contributed by atoms with E-state index in [1.165, 1.54) is 4.44 Å². The van der Waals surface area contributed by atoms with Crippen LogP contribution in [0.4, 0.5) is 11.5 Å². The minimum absolute atomic E-state index is 0.171. The van der Waals surface area contributed by atoms with Gasteiger partial charge in [0.2, 0.25) is 0 Å². The van der Waals surface area contributed by atoms with Gasteiger partial charge in [-0.15, -0.1) is 0 Å². The molecule has 0 bridgehead atoms. The van der Waals surface area contributed by atoms with Gasteiger partial charge in [-0.2, -0.15) is 0 Å². The Kier molecular flexibility index (Phi) is 7.72. The third-order valence-corrected chi connectivity index (χ3v) is 7.24. The number of hydrogen-bond acceptors (Lipinski definition) is 7. The Morgan fingerprint density at radius 3 is 2.17 bits per heavy atom. The molecule has 2 aromatic heterocycles. The Morgan fingerprint density at radius 1 is 0.900 bits per heavy atom. The van der Waals surface area contributed by atoms with E-state index in [2.05, 4.69) is 47.1 Å². The van der Waals surface area contributed by atoms with Gasteiger partial charge in [0.25, 0.3) is 0 Å². The molecule has 0 atom stereocenters. The van der Waals surface area contributed by atoms with E-state index in [1.54, 1.807) is 20.5 Å². The second kappa shape index (κ2) is 10.3. The summed E-state index contributed by atoms with van der Waals surface area (Å²) in [7, 11) is 3.29. The molecule has 3 rings (SSSR count). The number of rotatable bonds is 10. The second-order valence-electron chi connectivity index (χ2n) is 7.80. The van der Waals surface area contributed by atoms with Crippen LogP contribution in [0.1, 0.15) is 25.2 Å². The van der Waals surface area contributed by atoms with Gasteiger partial charge in [0.15, 0.2) is 0 Å². The Balaban J connectivity index is 1.93. The summed E-state index contributed by atoms with van der Waals surface area (Å²) in [5.41, 5.74) is 2.02. The number of ether oxygens (including phenoxy) is 4. The van der Waals surface area contributed by atoms with E-state index in [0.29, 0.717) is 52.4 Å². The molecule has 0 aliphatic carbocycles. The summed E-state index contributed by atoms with van der Waals surface area (Å²) in [5.74, 6) is 2.00. The van der Waals surface area contributed by atoms with Gasteiger partial charge in [-0.3, -0.25) is 0 Å². The Labute approximate surface area is 183 Å². The average Bonchev–Trinajstić information content (AvgIpc) is 3.18. The monoisotopic (exact) mass is 479 g/mol. The van der Waals surface area contributed by atoms with Crippen LogP contribution < -0.4 is 14.8 Å². The summed E-state index contributed by atoms with van der Waals surface area (Å²) in [6, 6.07) is 6.03. The first-order chi connectivity index (χ1) is 14.4. The van der Waals surface area contributed by atoms with Gasteiger partial charge >= 0.3 is 176 Å². The van der Waals surface area contributed by atoms with E-state index in [4.69, 9.17) is 18.9 Å². The molecule has 0 aliphatic heterocycles. The number of hydrogen-bond donors (Lipinski definition) is 1. The van der Waals surface area contributed by atoms with Gasteiger partial charge in [0.1, 0.15) is 0 Å². The zero-order valence-electron chi connectivity index (χ0n) is 18.2. The molecule has 3 aromatic rings. The van der Waals surface area contributed by atoms with Crippen LogP contribution in [0, 0.1) is 0 Å². The van der Waals surface area contributed by atoms with Crippen LogP contribution in [-0.4, -0.2) is 65.1 Å². The third-order valence-electron chi connectivity index (χ3n) is 4.39. The molecule has 0 aliphatic rings. The predicted molar refractivity (Wildman–Crippen MR) is 120 cm³/mol. The summed E-state index contributed by atoms with van der Waals surface area (Å²) in [6.45, 7) is 8.55. The minimum atomic E-state index is 0.171. The normalized spacial score (nSPS) is 11.6. The third kappa shape index (κ3) is 5.73. The van der Waals surface area contributed by atoms with Crippen LogP contribution >= 0.6 is 0 Å². The van der Waals surface area contributed by atoms with Gasteiger partial charge in [0, 0.05) is 7.11 Å². The molecule has 1 aromatic carbocycles. The van der Waals surface area contributed by atoms with Crippen molar-refractivity contribution in [3.8, 4) is 11.5 Å². The SMILES string of the molecule is COCCOc1cc2ncnc(Nc3c[se]c(C(C)(C)C)c3)c2cc1OCCOC. The Morgan fingerprint density at radius 2 is 1.57 bits per heavy atom. The van der Waals surface area contributed by atoms with Crippen molar-refractivity contribution >= 4 is 36.9 Å². The van der Waals surface area contributed by atoms with Crippen LogP contribution in [0.5, 0.6) is 11.5 Å². The maximum absolute atomic E-state index is 5.91. The fourth-order valence-corrected chi connectivity index (χ4v) is 4.74. The van der Waals surface area contributed by atoms with Crippen molar-refractivity contribution in [3.63, 3.8) is 0 Å². The topological polar surface area (TPSA) is 74.7 Å². The number of aromatic nitrogens is 2. The summed E-state index contributed by atoms with van der Waals surface area (Å²) in [5, 5.41) is 4.33. The molecular weight excluding hydrogens is 449 g/mol. The Bertz CT molecular complexity index is 969. The van der Waals surface area contributed by atoms with Gasteiger partial charge in [-0.1, -0.05) is 0 Å². The fourth-order valence-electron chi connectivity index (χ4n) is 2.79. The van der Waals surface area contributed by atoms with Crippen LogP contribution in [-0.2, 0) is 14.9 Å². The van der Waals surface area contributed by atoms with E-state index in [-0.39, 0.29) is 5.41 Å². The predicted octanol–water partition coefficient (Wildman–Crippen LogP) is 3.78. The Hall–Kier alpha value is -2.12. The van der Waals surface area contributed by atoms with E-state index in [1.807, 2.05) is 12.1 Å². The average molecular weight is 478 g/mol. The van der Waals surface area contributed by atoms with Crippen LogP contribution in [0.3, 0.4) is 0 Å². The van der Waals surface area contributed by atoms with Gasteiger partial charge in [-0.25, -0.2) is 0 Å². The first kappa shape index (κ1) is 22.6. The molecule has 0 saturated heterocycles. The zero-order chi connectivity index (χ0) is 21.6. The molecule has 0 saturated carbocycles. The van der Waals surface area contributed by atoms with E-state index < -0.39 is 0 Å². The molecule has 8 heteroatoms. The zero-order valence-corrected chi connectivity index (χ0v) is 19.9. The summed E-state index contributed by atoms with van der Waals surface area (Å²) >= 11 is 0.347. The quantitative estimate of drug-likeness (QED) is 0.351. The molecule has 7 nitrogen and oxygen atoms in total. The van der Waals surface area contributed by atoms with E-state index in [0.717, 1.165) is 22.4 Å². The molecule has 0 spiro atoms. The number of fused-ring (bicyclic) bond motifs is 1. The number of methoxy groups -OCH3 is 2. The molecule has 0 amide bonds. The summed E-state index contributed by atoms with van der Waals surface area (Å²) in [4.78, 5) is 11.1. The number of benzene rings is 1. The van der Waals surface area contributed by atoms with Crippen molar-refractivity contribution in [2.75, 3.05) is 46.0 Å². The molecule has 0 radical (unpaired) electrons. The second-order valence-corrected chi connectivity index (χ2v) is 9.71. The first-order valence-electron chi connectivity index (χ1n) is 9.80. The molecule has 30 heavy (non-hydrogen) atoms. The van der Waals surface area contributed by atoms with Crippen molar-refractivity contribution in [1.29, 1.82) is 0 Å². The van der Waals surface area contributed by atoms with Gasteiger partial charge in [-0.05, 0) is 0 Å². The van der Waals surface area contributed by atoms with Gasteiger partial charge < -0.3 is 0 Å². The van der Waals surface area contributed by atoms with Crippen molar-refractivity contribution in [1.82, 2.24) is 9.97 Å². The fraction of sp³-hybridized carbons (Fsp3) is 0.455. The molecule has 0 unspecified atom stereocenters. The molecule has 2 heterocycles. The van der Waals surface area contributed by atoms with E-state index in [9.17, 15) is 0 Å². The molecule has 0 fully saturated rings. The summed E-state index contributed by atoms with van der Waals surface area (Å²) in [6.07, 6.45) is 1.56. The van der Waals surface area contributed by atoms with Crippen LogP contribution in [0.15, 0.2) is 29.5 Å². The van der Waals surface area contributed by atoms with E-state index >= 15 is 0 Å². The molecule has 162 valence electrons. The van der Waals surface area contributed by atoms with Crippen molar-refractivity contribution in [2.24, 2.45) is 0 Å². The molecule has 1 N–H and O–H groups in total. The maximum atomic E-state index is 5.91.